The number of amides is 1. The van der Waals surface area contributed by atoms with Crippen LogP contribution >= 0.6 is 34.8 Å². The summed E-state index contributed by atoms with van der Waals surface area (Å²) in [6.45, 7) is 7.45. The van der Waals surface area contributed by atoms with E-state index < -0.39 is 70.5 Å². The van der Waals surface area contributed by atoms with Gasteiger partial charge in [-0.1, -0.05) is 20.8 Å². The Morgan fingerprint density at radius 3 is 2.34 bits per heavy atom. The molecule has 1 N–H and O–H groups in total. The van der Waals surface area contributed by atoms with Crippen LogP contribution < -0.4 is 14.8 Å². The number of cyclic esters (lactones) is 2. The molecule has 1 saturated heterocycles. The molecule has 1 aliphatic rings. The van der Waals surface area contributed by atoms with Gasteiger partial charge in [-0.25, -0.2) is 14.6 Å². The Labute approximate surface area is 268 Å². The maximum absolute atomic E-state index is 13.3. The van der Waals surface area contributed by atoms with Gasteiger partial charge in [0.15, 0.2) is 23.6 Å². The number of ether oxygens (including phenoxy) is 5. The number of pyridine rings is 1. The second-order valence-electron chi connectivity index (χ2n) is 10.1. The lowest BCUT2D eigenvalue weighted by atomic mass is 9.95. The van der Waals surface area contributed by atoms with Crippen LogP contribution in [-0.4, -0.2) is 63.6 Å². The van der Waals surface area contributed by atoms with Gasteiger partial charge in [0.1, 0.15) is 18.5 Å². The largest absolute Gasteiger partial charge is 0.463 e. The molecule has 0 unspecified atom stereocenters. The van der Waals surface area contributed by atoms with E-state index in [0.29, 0.717) is 5.56 Å². The number of halogens is 3. The van der Waals surface area contributed by atoms with Crippen molar-refractivity contribution in [2.75, 3.05) is 6.61 Å². The maximum atomic E-state index is 13.3. The van der Waals surface area contributed by atoms with Crippen molar-refractivity contribution in [1.29, 1.82) is 0 Å². The summed E-state index contributed by atoms with van der Waals surface area (Å²) < 4.78 is 24.9. The summed E-state index contributed by atoms with van der Waals surface area (Å²) in [7, 11) is 0. The molecular weight excluding hydrogens is 643 g/mol. The Bertz CT molecular complexity index is 1390. The summed E-state index contributed by atoms with van der Waals surface area (Å²) in [6.07, 6.45) is -0.597. The Morgan fingerprint density at radius 2 is 1.75 bits per heavy atom. The summed E-state index contributed by atoms with van der Waals surface area (Å²) in [5.74, 6) is -5.41. The number of nitrogens with one attached hydrogen (secondary N) is 1. The van der Waals surface area contributed by atoms with Crippen LogP contribution in [0.15, 0.2) is 36.5 Å². The predicted octanol–water partition coefficient (Wildman–Crippen LogP) is 4.50. The van der Waals surface area contributed by atoms with Crippen molar-refractivity contribution >= 4 is 64.6 Å². The Balaban J connectivity index is 1.80. The number of carbonyl (C=O) groups is 5. The molecule has 15 heteroatoms. The monoisotopic (exact) mass is 672 g/mol. The van der Waals surface area contributed by atoms with Crippen molar-refractivity contribution in [1.82, 2.24) is 10.3 Å². The predicted molar refractivity (Wildman–Crippen MR) is 158 cm³/mol. The first-order valence-electron chi connectivity index (χ1n) is 13.5. The van der Waals surface area contributed by atoms with Gasteiger partial charge < -0.3 is 29.0 Å². The van der Waals surface area contributed by atoms with Crippen molar-refractivity contribution in [2.24, 2.45) is 11.8 Å². The van der Waals surface area contributed by atoms with E-state index in [1.165, 1.54) is 43.5 Å². The third-order valence-corrected chi connectivity index (χ3v) is 6.68. The number of hydrogen-bond donors (Lipinski definition) is 1. The summed E-state index contributed by atoms with van der Waals surface area (Å²) in [5.41, 5.74) is 0.138. The van der Waals surface area contributed by atoms with Gasteiger partial charge in [-0.2, -0.15) is 0 Å². The van der Waals surface area contributed by atoms with E-state index in [1.807, 2.05) is 0 Å². The number of aryl methyl sites for hydroxylation is 1. The number of alkyl halides is 3. The molecule has 238 valence electrons. The average molecular weight is 674 g/mol. The lowest BCUT2D eigenvalue weighted by molar-refractivity contribution is -0.176. The minimum Gasteiger partial charge on any atom is -0.463 e. The van der Waals surface area contributed by atoms with Crippen LogP contribution in [0.1, 0.15) is 60.5 Å². The van der Waals surface area contributed by atoms with Crippen LogP contribution in [-0.2, 0) is 28.6 Å². The van der Waals surface area contributed by atoms with Gasteiger partial charge in [-0.05, 0) is 91.0 Å². The molecule has 0 bridgehead atoms. The Kier molecular flexibility index (Phi) is 11.8. The molecule has 0 radical (unpaired) electrons. The number of benzene rings is 1. The Hall–Kier alpha value is -3.61. The van der Waals surface area contributed by atoms with Gasteiger partial charge in [0, 0.05) is 6.20 Å². The normalized spacial score (nSPS) is 20.8. The number of carbonyl (C=O) groups excluding carboxylic acids is 5. The van der Waals surface area contributed by atoms with Gasteiger partial charge >= 0.3 is 27.9 Å². The first-order valence-corrected chi connectivity index (χ1v) is 14.7. The van der Waals surface area contributed by atoms with E-state index in [0.717, 1.165) is 0 Å². The fourth-order valence-electron chi connectivity index (χ4n) is 4.09. The van der Waals surface area contributed by atoms with Crippen molar-refractivity contribution in [3.8, 4) is 11.5 Å². The van der Waals surface area contributed by atoms with Crippen LogP contribution in [0, 0.1) is 18.8 Å². The number of esters is 4. The highest BCUT2D eigenvalue weighted by Crippen LogP contribution is 2.30. The number of hydrogen-bond acceptors (Lipinski definition) is 11. The van der Waals surface area contributed by atoms with Gasteiger partial charge in [-0.3, -0.25) is 14.4 Å². The number of rotatable bonds is 8. The molecule has 0 spiro atoms. The second kappa shape index (κ2) is 14.9. The van der Waals surface area contributed by atoms with Crippen molar-refractivity contribution in [2.45, 2.75) is 63.3 Å². The quantitative estimate of drug-likeness (QED) is 0.239. The fraction of sp³-hybridized carbons (Fsp3) is 0.448. The zero-order valence-corrected chi connectivity index (χ0v) is 26.7. The molecule has 1 fully saturated rings. The fourth-order valence-corrected chi connectivity index (χ4v) is 4.36. The molecule has 12 nitrogen and oxygen atoms in total. The van der Waals surface area contributed by atoms with Crippen LogP contribution in [0.3, 0.4) is 0 Å². The third-order valence-electron chi connectivity index (χ3n) is 6.44. The molecule has 2 aromatic rings. The highest BCUT2D eigenvalue weighted by atomic mass is 35.6. The molecule has 1 aliphatic heterocycles. The zero-order chi connectivity index (χ0) is 32.8. The van der Waals surface area contributed by atoms with E-state index >= 15 is 0 Å². The van der Waals surface area contributed by atoms with Crippen LogP contribution in [0.2, 0.25) is 0 Å². The van der Waals surface area contributed by atoms with Gasteiger partial charge in [0.25, 0.3) is 5.91 Å². The van der Waals surface area contributed by atoms with Crippen molar-refractivity contribution in [3.05, 3.63) is 53.3 Å². The van der Waals surface area contributed by atoms with Crippen molar-refractivity contribution in [3.63, 3.8) is 0 Å². The van der Waals surface area contributed by atoms with Crippen molar-refractivity contribution < 1.29 is 47.7 Å². The van der Waals surface area contributed by atoms with Gasteiger partial charge in [-0.15, -0.1) is 0 Å². The standard InChI is InChI=1S/C29H31Cl3N2O10/c1-6-19-23(43-25(36)14(2)3)16(5)41-28(39)20(13-40-27(19)38)34-24(35)21-22(15(4)11-12-33-21)42-26(37)17-7-9-18(10-8-17)44-29(30,31)32/h7-12,14,16,19-20,23H,6,13H2,1-5H3,(H,34,35)/t16-,19+,20-,23-/m0/s1. The maximum Gasteiger partial charge on any atom is 0.343 e. The number of aromatic nitrogens is 1. The van der Waals surface area contributed by atoms with Gasteiger partial charge in [0.05, 0.1) is 17.4 Å². The first kappa shape index (κ1) is 34.9. The highest BCUT2D eigenvalue weighted by Gasteiger charge is 2.41. The van der Waals surface area contributed by atoms with E-state index in [-0.39, 0.29) is 29.2 Å². The molecule has 1 aromatic heterocycles. The Morgan fingerprint density at radius 1 is 1.09 bits per heavy atom. The summed E-state index contributed by atoms with van der Waals surface area (Å²) in [4.78, 5) is 68.6. The second-order valence-corrected chi connectivity index (χ2v) is 12.3. The van der Waals surface area contributed by atoms with Gasteiger partial charge in [0.2, 0.25) is 0 Å². The molecule has 44 heavy (non-hydrogen) atoms. The topological polar surface area (TPSA) is 156 Å². The van der Waals surface area contributed by atoms with E-state index in [2.05, 4.69) is 10.3 Å². The highest BCUT2D eigenvalue weighted by molar-refractivity contribution is 6.66. The minimum atomic E-state index is -2.00. The molecule has 4 atom stereocenters. The summed E-state index contributed by atoms with van der Waals surface area (Å²) >= 11 is 16.8. The average Bonchev–Trinajstić information content (AvgIpc) is 2.98. The lowest BCUT2D eigenvalue weighted by Crippen LogP contribution is -2.47. The van der Waals surface area contributed by atoms with Crippen LogP contribution in [0.5, 0.6) is 11.5 Å². The minimum absolute atomic E-state index is 0.0789. The summed E-state index contributed by atoms with van der Waals surface area (Å²) in [5, 5.41) is 2.43. The van der Waals surface area contributed by atoms with E-state index in [1.54, 1.807) is 27.7 Å². The molecule has 2 heterocycles. The van der Waals surface area contributed by atoms with E-state index in [4.69, 9.17) is 58.5 Å². The number of nitrogens with zero attached hydrogens (tertiary/aromatic N) is 1. The van der Waals surface area contributed by atoms with Crippen LogP contribution in [0.25, 0.3) is 0 Å². The first-order chi connectivity index (χ1) is 20.6. The zero-order valence-electron chi connectivity index (χ0n) is 24.4. The van der Waals surface area contributed by atoms with Crippen LogP contribution in [0.4, 0.5) is 0 Å². The molecule has 0 aliphatic carbocycles. The molecule has 1 aromatic carbocycles. The third kappa shape index (κ3) is 9.20. The summed E-state index contributed by atoms with van der Waals surface area (Å²) in [6, 6.07) is 5.53. The lowest BCUT2D eigenvalue weighted by Gasteiger charge is -2.29. The SMILES string of the molecule is CC[C@H]1C(=O)OC[C@H](NC(=O)c2nccc(C)c2OC(=O)c2ccc(OC(Cl)(Cl)Cl)cc2)C(=O)O[C@@H](C)[C@@H]1OC(=O)C(C)C. The smallest absolute Gasteiger partial charge is 0.343 e. The molecule has 3 rings (SSSR count). The van der Waals surface area contributed by atoms with E-state index in [9.17, 15) is 24.0 Å². The molecular formula is C29H31Cl3N2O10. The molecule has 1 amide bonds. The molecule has 0 saturated carbocycles.